The van der Waals surface area contributed by atoms with E-state index in [1.54, 1.807) is 0 Å². The molecule has 3 rings (SSSR count). The molecule has 0 radical (unpaired) electrons. The summed E-state index contributed by atoms with van der Waals surface area (Å²) in [5, 5.41) is 4.28. The van der Waals surface area contributed by atoms with Crippen molar-refractivity contribution in [3.05, 3.63) is 17.2 Å². The summed E-state index contributed by atoms with van der Waals surface area (Å²) in [5.41, 5.74) is 0.956. The Balaban J connectivity index is 1.76. The van der Waals surface area contributed by atoms with E-state index in [0.717, 1.165) is 29.0 Å². The summed E-state index contributed by atoms with van der Waals surface area (Å²) in [6, 6.07) is 4.29. The molecule has 2 aliphatic rings. The van der Waals surface area contributed by atoms with Crippen LogP contribution in [0.4, 0.5) is 5.69 Å². The molecule has 3 nitrogen and oxygen atoms in total. The Hall–Kier alpha value is -1.09. The number of hydrogen-bond donors (Lipinski definition) is 1. The third kappa shape index (κ3) is 2.76. The molecule has 2 atom stereocenters. The molecule has 1 aromatic rings. The molecule has 1 saturated carbocycles. The van der Waals surface area contributed by atoms with E-state index in [-0.39, 0.29) is 6.79 Å². The average Bonchev–Trinajstić information content (AvgIpc) is 2.75. The SMILES string of the molecule is CC1CC(C)CC(Nc2cc3c(cc2Cl)OCO3)C1. The average molecular weight is 282 g/mol. The number of anilines is 1. The van der Waals surface area contributed by atoms with Crippen molar-refractivity contribution >= 4 is 17.3 Å². The number of rotatable bonds is 2. The van der Waals surface area contributed by atoms with Crippen LogP contribution in [0.2, 0.25) is 5.02 Å². The van der Waals surface area contributed by atoms with Crippen molar-refractivity contribution in [2.24, 2.45) is 11.8 Å². The van der Waals surface area contributed by atoms with Gasteiger partial charge in [-0.3, -0.25) is 0 Å². The van der Waals surface area contributed by atoms with Crippen molar-refractivity contribution in [3.63, 3.8) is 0 Å². The zero-order valence-corrected chi connectivity index (χ0v) is 12.2. The molecule has 0 amide bonds. The van der Waals surface area contributed by atoms with Crippen LogP contribution in [0.1, 0.15) is 33.1 Å². The van der Waals surface area contributed by atoms with Crippen LogP contribution in [0.15, 0.2) is 12.1 Å². The third-order valence-corrected chi connectivity index (χ3v) is 4.31. The van der Waals surface area contributed by atoms with E-state index in [1.807, 2.05) is 12.1 Å². The highest BCUT2D eigenvalue weighted by Gasteiger charge is 2.25. The van der Waals surface area contributed by atoms with Crippen LogP contribution < -0.4 is 14.8 Å². The first-order valence-corrected chi connectivity index (χ1v) is 7.35. The summed E-state index contributed by atoms with van der Waals surface area (Å²) < 4.78 is 10.7. The fourth-order valence-electron chi connectivity index (χ4n) is 3.31. The second-order valence-corrected chi connectivity index (χ2v) is 6.35. The fraction of sp³-hybridized carbons (Fsp3) is 0.600. The lowest BCUT2D eigenvalue weighted by Gasteiger charge is -2.32. The number of halogens is 1. The van der Waals surface area contributed by atoms with Crippen LogP contribution in [0.5, 0.6) is 11.5 Å². The zero-order chi connectivity index (χ0) is 13.4. The third-order valence-electron chi connectivity index (χ3n) is 4.00. The van der Waals surface area contributed by atoms with Crippen LogP contribution in [-0.4, -0.2) is 12.8 Å². The number of fused-ring (bicyclic) bond motifs is 1. The molecule has 1 aliphatic carbocycles. The first-order chi connectivity index (χ1) is 9.11. The summed E-state index contributed by atoms with van der Waals surface area (Å²) in [7, 11) is 0. The molecule has 19 heavy (non-hydrogen) atoms. The normalized spacial score (nSPS) is 29.3. The first kappa shape index (κ1) is 12.9. The Morgan fingerprint density at radius 1 is 1.05 bits per heavy atom. The smallest absolute Gasteiger partial charge is 0.231 e. The van der Waals surface area contributed by atoms with Gasteiger partial charge in [0.2, 0.25) is 6.79 Å². The van der Waals surface area contributed by atoms with Crippen LogP contribution in [0.3, 0.4) is 0 Å². The number of ether oxygens (including phenoxy) is 2. The van der Waals surface area contributed by atoms with Crippen molar-refractivity contribution < 1.29 is 9.47 Å². The minimum absolute atomic E-state index is 0.284. The zero-order valence-electron chi connectivity index (χ0n) is 11.4. The van der Waals surface area contributed by atoms with Gasteiger partial charge in [0.15, 0.2) is 11.5 Å². The molecule has 0 aromatic heterocycles. The van der Waals surface area contributed by atoms with E-state index in [1.165, 1.54) is 19.3 Å². The highest BCUT2D eigenvalue weighted by atomic mass is 35.5. The molecule has 1 aromatic carbocycles. The Bertz CT molecular complexity index is 467. The molecule has 1 N–H and O–H groups in total. The monoisotopic (exact) mass is 281 g/mol. The fourth-order valence-corrected chi connectivity index (χ4v) is 3.52. The van der Waals surface area contributed by atoms with Gasteiger partial charge in [0.05, 0.1) is 10.7 Å². The molecule has 104 valence electrons. The number of nitrogens with one attached hydrogen (secondary N) is 1. The van der Waals surface area contributed by atoms with Gasteiger partial charge in [-0.1, -0.05) is 25.4 Å². The maximum atomic E-state index is 6.30. The predicted octanol–water partition coefficient (Wildman–Crippen LogP) is 4.31. The molecule has 0 bridgehead atoms. The summed E-state index contributed by atoms with van der Waals surface area (Å²) in [6.45, 7) is 4.93. The number of benzene rings is 1. The Morgan fingerprint density at radius 2 is 1.68 bits per heavy atom. The maximum absolute atomic E-state index is 6.30. The predicted molar refractivity (Wildman–Crippen MR) is 77.2 cm³/mol. The Morgan fingerprint density at radius 3 is 2.37 bits per heavy atom. The van der Waals surface area contributed by atoms with Gasteiger partial charge in [-0.15, -0.1) is 0 Å². The number of hydrogen-bond acceptors (Lipinski definition) is 3. The van der Waals surface area contributed by atoms with E-state index in [9.17, 15) is 0 Å². The van der Waals surface area contributed by atoms with Gasteiger partial charge in [-0.25, -0.2) is 0 Å². The molecule has 4 heteroatoms. The summed E-state index contributed by atoms with van der Waals surface area (Å²) in [4.78, 5) is 0. The van der Waals surface area contributed by atoms with Crippen LogP contribution in [0.25, 0.3) is 0 Å². The maximum Gasteiger partial charge on any atom is 0.231 e. The Kier molecular flexibility index (Phi) is 3.48. The quantitative estimate of drug-likeness (QED) is 0.876. The van der Waals surface area contributed by atoms with Crippen molar-refractivity contribution in [1.82, 2.24) is 0 Å². The largest absolute Gasteiger partial charge is 0.454 e. The standard InChI is InChI=1S/C15H20ClNO2/c1-9-3-10(2)5-11(4-9)17-13-7-15-14(6-12(13)16)18-8-19-15/h6-7,9-11,17H,3-5,8H2,1-2H3. The lowest BCUT2D eigenvalue weighted by molar-refractivity contribution is 0.174. The summed E-state index contributed by atoms with van der Waals surface area (Å²) in [6.07, 6.45) is 3.73. The lowest BCUT2D eigenvalue weighted by atomic mass is 9.80. The van der Waals surface area contributed by atoms with Crippen molar-refractivity contribution in [2.45, 2.75) is 39.2 Å². The van der Waals surface area contributed by atoms with Crippen LogP contribution >= 0.6 is 11.6 Å². The lowest BCUT2D eigenvalue weighted by Crippen LogP contribution is -2.30. The molecule has 0 saturated heterocycles. The van der Waals surface area contributed by atoms with Crippen molar-refractivity contribution in [3.8, 4) is 11.5 Å². The van der Waals surface area contributed by atoms with E-state index in [2.05, 4.69) is 19.2 Å². The van der Waals surface area contributed by atoms with Crippen LogP contribution in [0, 0.1) is 11.8 Å². The highest BCUT2D eigenvalue weighted by molar-refractivity contribution is 6.33. The molecule has 2 unspecified atom stereocenters. The van der Waals surface area contributed by atoms with Gasteiger partial charge in [0.25, 0.3) is 0 Å². The molecular weight excluding hydrogens is 262 g/mol. The molecule has 0 spiro atoms. The molecule has 1 aliphatic heterocycles. The first-order valence-electron chi connectivity index (χ1n) is 6.97. The van der Waals surface area contributed by atoms with Crippen molar-refractivity contribution in [1.29, 1.82) is 0 Å². The van der Waals surface area contributed by atoms with E-state index >= 15 is 0 Å². The summed E-state index contributed by atoms with van der Waals surface area (Å²) >= 11 is 6.30. The van der Waals surface area contributed by atoms with Gasteiger partial charge in [-0.05, 0) is 31.1 Å². The molecule has 1 fully saturated rings. The highest BCUT2D eigenvalue weighted by Crippen LogP contribution is 2.40. The van der Waals surface area contributed by atoms with Gasteiger partial charge in [0.1, 0.15) is 0 Å². The van der Waals surface area contributed by atoms with E-state index in [0.29, 0.717) is 11.1 Å². The topological polar surface area (TPSA) is 30.5 Å². The van der Waals surface area contributed by atoms with Gasteiger partial charge in [0, 0.05) is 18.2 Å². The van der Waals surface area contributed by atoms with Gasteiger partial charge < -0.3 is 14.8 Å². The van der Waals surface area contributed by atoms with Crippen molar-refractivity contribution in [2.75, 3.05) is 12.1 Å². The second kappa shape index (κ2) is 5.12. The van der Waals surface area contributed by atoms with E-state index in [4.69, 9.17) is 21.1 Å². The minimum Gasteiger partial charge on any atom is -0.454 e. The molecular formula is C15H20ClNO2. The second-order valence-electron chi connectivity index (χ2n) is 5.94. The summed E-state index contributed by atoms with van der Waals surface area (Å²) in [5.74, 6) is 3.06. The minimum atomic E-state index is 0.284. The van der Waals surface area contributed by atoms with Gasteiger partial charge >= 0.3 is 0 Å². The van der Waals surface area contributed by atoms with Gasteiger partial charge in [-0.2, -0.15) is 0 Å². The van der Waals surface area contributed by atoms with Crippen LogP contribution in [-0.2, 0) is 0 Å². The molecule has 1 heterocycles. The van der Waals surface area contributed by atoms with E-state index < -0.39 is 0 Å². The Labute approximate surface area is 119 Å².